The van der Waals surface area contributed by atoms with Gasteiger partial charge >= 0.3 is 0 Å². The number of para-hydroxylation sites is 1. The van der Waals surface area contributed by atoms with Crippen molar-refractivity contribution in [1.82, 2.24) is 9.62 Å². The summed E-state index contributed by atoms with van der Waals surface area (Å²) in [6.45, 7) is 4.40. The fraction of sp³-hybridized carbons (Fsp3) is 0.381. The Labute approximate surface area is 171 Å². The lowest BCUT2D eigenvalue weighted by Crippen LogP contribution is -2.49. The van der Waals surface area contributed by atoms with E-state index in [0.29, 0.717) is 30.2 Å². The summed E-state index contributed by atoms with van der Waals surface area (Å²) in [5.74, 6) is 0.707. The molecule has 8 heteroatoms. The summed E-state index contributed by atoms with van der Waals surface area (Å²) in [5, 5.41) is 2.68. The summed E-state index contributed by atoms with van der Waals surface area (Å²) in [6, 6.07) is 16.0. The first kappa shape index (κ1) is 21.3. The van der Waals surface area contributed by atoms with Crippen molar-refractivity contribution >= 4 is 15.9 Å². The van der Waals surface area contributed by atoms with Gasteiger partial charge in [0, 0.05) is 25.2 Å². The van der Waals surface area contributed by atoms with E-state index in [9.17, 15) is 13.2 Å². The molecule has 2 atom stereocenters. The van der Waals surface area contributed by atoms with Gasteiger partial charge in [-0.15, -0.1) is 0 Å². The van der Waals surface area contributed by atoms with Crippen molar-refractivity contribution in [3.05, 3.63) is 60.2 Å². The van der Waals surface area contributed by atoms with Gasteiger partial charge in [-0.05, 0) is 44.2 Å². The van der Waals surface area contributed by atoms with E-state index in [1.165, 1.54) is 4.31 Å². The molecule has 29 heavy (non-hydrogen) atoms. The SMILES string of the molecule is CC1CN(S(=O)(=O)CCNC(=O)c2cccc(Oc3ccccc3)c2)CC(C)O1. The standard InChI is InChI=1S/C21H26N2O5S/c1-16-14-23(15-17(2)27-16)29(25,26)12-11-22-21(24)18-7-6-10-20(13-18)28-19-8-4-3-5-9-19/h3-10,13,16-17H,11-12,14-15H2,1-2H3,(H,22,24). The second kappa shape index (κ2) is 9.39. The zero-order valence-corrected chi connectivity index (χ0v) is 17.4. The molecule has 1 aliphatic rings. The van der Waals surface area contributed by atoms with E-state index in [4.69, 9.17) is 9.47 Å². The normalized spacial score (nSPS) is 20.2. The van der Waals surface area contributed by atoms with E-state index < -0.39 is 10.0 Å². The van der Waals surface area contributed by atoms with E-state index in [1.54, 1.807) is 24.3 Å². The van der Waals surface area contributed by atoms with Crippen LogP contribution in [0.2, 0.25) is 0 Å². The van der Waals surface area contributed by atoms with E-state index in [-0.39, 0.29) is 30.4 Å². The Balaban J connectivity index is 1.55. The van der Waals surface area contributed by atoms with Crippen LogP contribution in [-0.4, -0.2) is 56.2 Å². The Bertz CT molecular complexity index is 923. The Hall–Kier alpha value is -2.42. The summed E-state index contributed by atoms with van der Waals surface area (Å²) in [7, 11) is -3.46. The third kappa shape index (κ3) is 6.03. The van der Waals surface area contributed by atoms with Gasteiger partial charge in [0.15, 0.2) is 0 Å². The number of benzene rings is 2. The highest BCUT2D eigenvalue weighted by Crippen LogP contribution is 2.21. The first-order chi connectivity index (χ1) is 13.8. The summed E-state index contributed by atoms with van der Waals surface area (Å²) < 4.78 is 37.9. The van der Waals surface area contributed by atoms with Crippen LogP contribution in [0.1, 0.15) is 24.2 Å². The van der Waals surface area contributed by atoms with Crippen molar-refractivity contribution < 1.29 is 22.7 Å². The monoisotopic (exact) mass is 418 g/mol. The molecule has 0 radical (unpaired) electrons. The number of morpholine rings is 1. The first-order valence-electron chi connectivity index (χ1n) is 9.58. The zero-order valence-electron chi connectivity index (χ0n) is 16.6. The molecule has 3 rings (SSSR count). The fourth-order valence-electron chi connectivity index (χ4n) is 3.21. The summed E-state index contributed by atoms with van der Waals surface area (Å²) in [5.41, 5.74) is 0.407. The van der Waals surface area contributed by atoms with Crippen LogP contribution < -0.4 is 10.1 Å². The molecule has 1 N–H and O–H groups in total. The lowest BCUT2D eigenvalue weighted by atomic mass is 10.2. The van der Waals surface area contributed by atoms with Gasteiger partial charge in [0.25, 0.3) is 5.91 Å². The van der Waals surface area contributed by atoms with Gasteiger partial charge in [0.2, 0.25) is 10.0 Å². The number of ether oxygens (including phenoxy) is 2. The second-order valence-corrected chi connectivity index (χ2v) is 9.18. The van der Waals surface area contributed by atoms with Crippen molar-refractivity contribution in [1.29, 1.82) is 0 Å². The topological polar surface area (TPSA) is 84.9 Å². The van der Waals surface area contributed by atoms with E-state index in [1.807, 2.05) is 44.2 Å². The number of amides is 1. The molecule has 1 fully saturated rings. The first-order valence-corrected chi connectivity index (χ1v) is 11.2. The van der Waals surface area contributed by atoms with Gasteiger partial charge in [0.1, 0.15) is 11.5 Å². The third-order valence-electron chi connectivity index (χ3n) is 4.50. The van der Waals surface area contributed by atoms with Crippen LogP contribution in [-0.2, 0) is 14.8 Å². The quantitative estimate of drug-likeness (QED) is 0.747. The molecule has 0 aliphatic carbocycles. The van der Waals surface area contributed by atoms with Gasteiger partial charge in [0.05, 0.1) is 18.0 Å². The van der Waals surface area contributed by atoms with Crippen LogP contribution >= 0.6 is 0 Å². The maximum absolute atomic E-state index is 12.6. The number of hydrogen-bond donors (Lipinski definition) is 1. The van der Waals surface area contributed by atoms with E-state index >= 15 is 0 Å². The predicted molar refractivity (Wildman–Crippen MR) is 111 cm³/mol. The van der Waals surface area contributed by atoms with Crippen molar-refractivity contribution in [3.8, 4) is 11.5 Å². The molecule has 156 valence electrons. The van der Waals surface area contributed by atoms with Gasteiger partial charge in [-0.1, -0.05) is 24.3 Å². The van der Waals surface area contributed by atoms with Crippen molar-refractivity contribution in [2.45, 2.75) is 26.1 Å². The Morgan fingerprint density at radius 3 is 2.41 bits per heavy atom. The lowest BCUT2D eigenvalue weighted by Gasteiger charge is -2.34. The van der Waals surface area contributed by atoms with Gasteiger partial charge in [-0.3, -0.25) is 4.79 Å². The summed E-state index contributed by atoms with van der Waals surface area (Å²) in [4.78, 5) is 12.4. The minimum absolute atomic E-state index is 0.0328. The van der Waals surface area contributed by atoms with Crippen LogP contribution in [0.15, 0.2) is 54.6 Å². The molecular weight excluding hydrogens is 392 g/mol. The Kier molecular flexibility index (Phi) is 6.89. The lowest BCUT2D eigenvalue weighted by molar-refractivity contribution is -0.0440. The highest BCUT2D eigenvalue weighted by Gasteiger charge is 2.30. The van der Waals surface area contributed by atoms with Crippen molar-refractivity contribution in [3.63, 3.8) is 0 Å². The van der Waals surface area contributed by atoms with Gasteiger partial charge in [-0.25, -0.2) is 8.42 Å². The van der Waals surface area contributed by atoms with Gasteiger partial charge in [-0.2, -0.15) is 4.31 Å². The molecule has 0 aromatic heterocycles. The van der Waals surface area contributed by atoms with Crippen LogP contribution in [0.4, 0.5) is 0 Å². The molecule has 1 aliphatic heterocycles. The van der Waals surface area contributed by atoms with Crippen LogP contribution in [0, 0.1) is 0 Å². The molecule has 0 bridgehead atoms. The number of nitrogens with zero attached hydrogens (tertiary/aromatic N) is 1. The smallest absolute Gasteiger partial charge is 0.251 e. The van der Waals surface area contributed by atoms with Gasteiger partial charge < -0.3 is 14.8 Å². The Morgan fingerprint density at radius 2 is 1.72 bits per heavy atom. The maximum Gasteiger partial charge on any atom is 0.251 e. The molecule has 2 aromatic rings. The molecule has 7 nitrogen and oxygen atoms in total. The maximum atomic E-state index is 12.6. The van der Waals surface area contributed by atoms with E-state index in [2.05, 4.69) is 5.32 Å². The average Bonchev–Trinajstić information content (AvgIpc) is 2.68. The number of carbonyl (C=O) groups excluding carboxylic acids is 1. The fourth-order valence-corrected chi connectivity index (χ4v) is 4.70. The largest absolute Gasteiger partial charge is 0.457 e. The van der Waals surface area contributed by atoms with Crippen LogP contribution in [0.3, 0.4) is 0 Å². The highest BCUT2D eigenvalue weighted by molar-refractivity contribution is 7.89. The number of hydrogen-bond acceptors (Lipinski definition) is 5. The molecule has 0 spiro atoms. The minimum Gasteiger partial charge on any atom is -0.457 e. The molecule has 1 amide bonds. The highest BCUT2D eigenvalue weighted by atomic mass is 32.2. The summed E-state index contributed by atoms with van der Waals surface area (Å²) in [6.07, 6.45) is -0.286. The predicted octanol–water partition coefficient (Wildman–Crippen LogP) is 2.65. The molecule has 2 aromatic carbocycles. The van der Waals surface area contributed by atoms with Crippen molar-refractivity contribution in [2.75, 3.05) is 25.4 Å². The molecular formula is C21H26N2O5S. The zero-order chi connectivity index (χ0) is 20.9. The number of sulfonamides is 1. The molecule has 0 saturated carbocycles. The average molecular weight is 419 g/mol. The molecule has 1 saturated heterocycles. The molecule has 1 heterocycles. The third-order valence-corrected chi connectivity index (χ3v) is 6.31. The number of nitrogens with one attached hydrogen (secondary N) is 1. The van der Waals surface area contributed by atoms with E-state index in [0.717, 1.165) is 0 Å². The molecule has 2 unspecified atom stereocenters. The number of carbonyl (C=O) groups is 1. The van der Waals surface area contributed by atoms with Crippen LogP contribution in [0.5, 0.6) is 11.5 Å². The second-order valence-electron chi connectivity index (χ2n) is 7.09. The minimum atomic E-state index is -3.46. The van der Waals surface area contributed by atoms with Crippen LogP contribution in [0.25, 0.3) is 0 Å². The summed E-state index contributed by atoms with van der Waals surface area (Å²) >= 11 is 0. The Morgan fingerprint density at radius 1 is 1.07 bits per heavy atom. The van der Waals surface area contributed by atoms with Crippen molar-refractivity contribution in [2.24, 2.45) is 0 Å². The number of rotatable bonds is 7.